The normalized spacial score (nSPS) is 18.5. The molecule has 0 atom stereocenters. The molecular formula is C23H39IN4O3. The van der Waals surface area contributed by atoms with E-state index >= 15 is 0 Å². The summed E-state index contributed by atoms with van der Waals surface area (Å²) in [6.07, 6.45) is 7.32. The number of benzene rings is 1. The summed E-state index contributed by atoms with van der Waals surface area (Å²) in [5, 5.41) is 7.05. The predicted octanol–water partition coefficient (Wildman–Crippen LogP) is 3.41. The first-order chi connectivity index (χ1) is 14.7. The topological polar surface area (TPSA) is 67.4 Å². The van der Waals surface area contributed by atoms with Gasteiger partial charge >= 0.3 is 0 Å². The van der Waals surface area contributed by atoms with Gasteiger partial charge in [-0.1, -0.05) is 0 Å². The van der Waals surface area contributed by atoms with Gasteiger partial charge in [0.15, 0.2) is 5.96 Å². The van der Waals surface area contributed by atoms with Crippen molar-refractivity contribution in [1.29, 1.82) is 0 Å². The van der Waals surface area contributed by atoms with E-state index in [1.807, 2.05) is 19.2 Å². The summed E-state index contributed by atoms with van der Waals surface area (Å²) < 4.78 is 16.9. The van der Waals surface area contributed by atoms with E-state index in [0.717, 1.165) is 74.9 Å². The van der Waals surface area contributed by atoms with Crippen LogP contribution in [-0.4, -0.2) is 70.5 Å². The number of rotatable bonds is 9. The first kappa shape index (κ1) is 26.0. The lowest BCUT2D eigenvalue weighted by molar-refractivity contribution is 0.128. The second-order valence-electron chi connectivity index (χ2n) is 8.18. The molecular weight excluding hydrogens is 507 g/mol. The van der Waals surface area contributed by atoms with E-state index in [4.69, 9.17) is 14.2 Å². The van der Waals surface area contributed by atoms with E-state index in [9.17, 15) is 0 Å². The van der Waals surface area contributed by atoms with Crippen LogP contribution in [0.25, 0.3) is 0 Å². The highest BCUT2D eigenvalue weighted by Gasteiger charge is 2.21. The van der Waals surface area contributed by atoms with Gasteiger partial charge in [0, 0.05) is 58.0 Å². The Morgan fingerprint density at radius 2 is 1.87 bits per heavy atom. The zero-order valence-electron chi connectivity index (χ0n) is 19.2. The van der Waals surface area contributed by atoms with E-state index in [1.54, 1.807) is 14.2 Å². The molecule has 0 radical (unpaired) electrons. The maximum atomic E-state index is 6.31. The molecule has 0 amide bonds. The molecule has 2 fully saturated rings. The summed E-state index contributed by atoms with van der Waals surface area (Å²) >= 11 is 0. The molecule has 1 saturated heterocycles. The number of nitrogens with one attached hydrogen (secondary N) is 2. The zero-order valence-corrected chi connectivity index (χ0v) is 21.5. The second-order valence-corrected chi connectivity index (χ2v) is 8.18. The molecule has 1 saturated carbocycles. The Labute approximate surface area is 204 Å². The van der Waals surface area contributed by atoms with Crippen molar-refractivity contribution in [2.75, 3.05) is 47.5 Å². The first-order valence-corrected chi connectivity index (χ1v) is 11.2. The van der Waals surface area contributed by atoms with Crippen LogP contribution >= 0.6 is 24.0 Å². The molecule has 176 valence electrons. The van der Waals surface area contributed by atoms with E-state index in [1.165, 1.54) is 12.8 Å². The van der Waals surface area contributed by atoms with Crippen LogP contribution < -0.4 is 20.1 Å². The Hall–Kier alpha value is -1.26. The molecule has 2 N–H and O–H groups in total. The van der Waals surface area contributed by atoms with Crippen molar-refractivity contribution in [2.24, 2.45) is 4.99 Å². The van der Waals surface area contributed by atoms with Gasteiger partial charge in [-0.25, -0.2) is 0 Å². The van der Waals surface area contributed by atoms with Gasteiger partial charge in [0.05, 0.1) is 19.8 Å². The van der Waals surface area contributed by atoms with Crippen LogP contribution in [0, 0.1) is 0 Å². The Bertz CT molecular complexity index is 675. The molecule has 1 aliphatic heterocycles. The maximum Gasteiger partial charge on any atom is 0.191 e. The third-order valence-corrected chi connectivity index (χ3v) is 6.08. The van der Waals surface area contributed by atoms with Crippen molar-refractivity contribution in [3.63, 3.8) is 0 Å². The Kier molecular flexibility index (Phi) is 11.7. The number of likely N-dealkylation sites (tertiary alicyclic amines) is 1. The molecule has 1 aromatic carbocycles. The number of hydrogen-bond donors (Lipinski definition) is 2. The van der Waals surface area contributed by atoms with Crippen LogP contribution in [0.15, 0.2) is 23.2 Å². The van der Waals surface area contributed by atoms with Crippen molar-refractivity contribution >= 4 is 29.9 Å². The number of methoxy groups -OCH3 is 2. The monoisotopic (exact) mass is 546 g/mol. The van der Waals surface area contributed by atoms with Crippen LogP contribution in [-0.2, 0) is 11.3 Å². The average molecular weight is 546 g/mol. The number of hydrogen-bond acceptors (Lipinski definition) is 5. The van der Waals surface area contributed by atoms with Gasteiger partial charge in [0.25, 0.3) is 0 Å². The summed E-state index contributed by atoms with van der Waals surface area (Å²) in [5.41, 5.74) is 1.13. The highest BCUT2D eigenvalue weighted by Crippen LogP contribution is 2.30. The molecule has 0 unspecified atom stereocenters. The van der Waals surface area contributed by atoms with Gasteiger partial charge in [-0.2, -0.15) is 0 Å². The minimum atomic E-state index is 0. The predicted molar refractivity (Wildman–Crippen MR) is 136 cm³/mol. The lowest BCUT2D eigenvalue weighted by atomic mass is 10.1. The average Bonchev–Trinajstić information content (AvgIpc) is 3.29. The van der Waals surface area contributed by atoms with Gasteiger partial charge in [0.2, 0.25) is 0 Å². The van der Waals surface area contributed by atoms with E-state index in [2.05, 4.69) is 26.6 Å². The number of ether oxygens (including phenoxy) is 3. The molecule has 0 aromatic heterocycles. The smallest absolute Gasteiger partial charge is 0.191 e. The zero-order chi connectivity index (χ0) is 21.2. The third-order valence-electron chi connectivity index (χ3n) is 6.08. The lowest BCUT2D eigenvalue weighted by Gasteiger charge is -2.32. The van der Waals surface area contributed by atoms with Crippen LogP contribution in [0.3, 0.4) is 0 Å². The van der Waals surface area contributed by atoms with Crippen molar-refractivity contribution in [3.8, 4) is 11.5 Å². The van der Waals surface area contributed by atoms with Crippen molar-refractivity contribution in [2.45, 2.75) is 57.2 Å². The summed E-state index contributed by atoms with van der Waals surface area (Å²) in [4.78, 5) is 6.89. The summed E-state index contributed by atoms with van der Waals surface area (Å²) in [5.74, 6) is 2.58. The lowest BCUT2D eigenvalue weighted by Crippen LogP contribution is -2.48. The molecule has 1 aliphatic carbocycles. The van der Waals surface area contributed by atoms with E-state index < -0.39 is 0 Å². The van der Waals surface area contributed by atoms with Crippen molar-refractivity contribution < 1.29 is 14.2 Å². The highest BCUT2D eigenvalue weighted by atomic mass is 127. The minimum Gasteiger partial charge on any atom is -0.497 e. The van der Waals surface area contributed by atoms with Crippen molar-refractivity contribution in [1.82, 2.24) is 15.5 Å². The largest absolute Gasteiger partial charge is 0.497 e. The van der Waals surface area contributed by atoms with Gasteiger partial charge in [-0.15, -0.1) is 24.0 Å². The fourth-order valence-corrected chi connectivity index (χ4v) is 4.19. The fourth-order valence-electron chi connectivity index (χ4n) is 4.19. The molecule has 7 nitrogen and oxygen atoms in total. The molecule has 31 heavy (non-hydrogen) atoms. The summed E-state index contributed by atoms with van der Waals surface area (Å²) in [7, 11) is 5.28. The van der Waals surface area contributed by atoms with Gasteiger partial charge in [-0.3, -0.25) is 4.99 Å². The number of guanidine groups is 1. The molecule has 3 rings (SSSR count). The minimum absolute atomic E-state index is 0. The molecule has 8 heteroatoms. The van der Waals surface area contributed by atoms with Crippen LogP contribution in [0.4, 0.5) is 0 Å². The van der Waals surface area contributed by atoms with E-state index in [0.29, 0.717) is 18.7 Å². The fraction of sp³-hybridized carbons (Fsp3) is 0.696. The van der Waals surface area contributed by atoms with Gasteiger partial charge in [0.1, 0.15) is 11.5 Å². The third kappa shape index (κ3) is 8.31. The van der Waals surface area contributed by atoms with Gasteiger partial charge < -0.3 is 29.7 Å². The van der Waals surface area contributed by atoms with Crippen molar-refractivity contribution in [3.05, 3.63) is 23.8 Å². The first-order valence-electron chi connectivity index (χ1n) is 11.2. The number of piperidine rings is 1. The van der Waals surface area contributed by atoms with E-state index in [-0.39, 0.29) is 24.0 Å². The Balaban J connectivity index is 0.00000341. The quantitative estimate of drug-likeness (QED) is 0.281. The second kappa shape index (κ2) is 14.0. The van der Waals surface area contributed by atoms with Gasteiger partial charge in [-0.05, 0) is 50.7 Å². The number of halogens is 1. The highest BCUT2D eigenvalue weighted by molar-refractivity contribution is 14.0. The number of aliphatic imine (C=N–C) groups is 1. The van der Waals surface area contributed by atoms with Crippen LogP contribution in [0.2, 0.25) is 0 Å². The standard InChI is InChI=1S/C23H38N4O3.HI/c1-24-23(26-19-10-12-27(13-11-19)14-15-28-2)25-17-18-8-9-21(29-3)16-22(18)30-20-6-4-5-7-20;/h8-9,16,19-20H,4-7,10-15,17H2,1-3H3,(H2,24,25,26);1H. The molecule has 0 spiro atoms. The maximum absolute atomic E-state index is 6.31. The van der Waals surface area contributed by atoms with Crippen LogP contribution in [0.5, 0.6) is 11.5 Å². The Morgan fingerprint density at radius 1 is 1.13 bits per heavy atom. The molecule has 2 aliphatic rings. The molecule has 1 heterocycles. The van der Waals surface area contributed by atoms with Crippen LogP contribution in [0.1, 0.15) is 44.1 Å². The summed E-state index contributed by atoms with van der Waals surface area (Å²) in [6, 6.07) is 6.52. The molecule has 1 aromatic rings. The number of nitrogens with zero attached hydrogens (tertiary/aromatic N) is 2. The summed E-state index contributed by atoms with van der Waals surface area (Å²) in [6.45, 7) is 4.66. The SMILES string of the molecule is CN=C(NCc1ccc(OC)cc1OC1CCCC1)NC1CCN(CCOC)CC1.I. The molecule has 0 bridgehead atoms. The Morgan fingerprint density at radius 3 is 2.52 bits per heavy atom.